The first-order valence-corrected chi connectivity index (χ1v) is 8.36. The molecule has 6 nitrogen and oxygen atoms in total. The highest BCUT2D eigenvalue weighted by Crippen LogP contribution is 2.32. The molecule has 0 saturated heterocycles. The minimum atomic E-state index is -0.535. The van der Waals surface area contributed by atoms with Crippen LogP contribution in [-0.4, -0.2) is 12.7 Å². The van der Waals surface area contributed by atoms with E-state index in [1.54, 1.807) is 12.1 Å². The molecule has 1 aliphatic rings. The smallest absolute Gasteiger partial charge is 0.287 e. The van der Waals surface area contributed by atoms with E-state index in [9.17, 15) is 9.59 Å². The van der Waals surface area contributed by atoms with Gasteiger partial charge in [0.25, 0.3) is 5.91 Å². The van der Waals surface area contributed by atoms with Gasteiger partial charge in [0.05, 0.1) is 10.4 Å². The third-order valence-corrected chi connectivity index (χ3v) is 4.36. The Kier molecular flexibility index (Phi) is 4.22. The number of nitrogens with one attached hydrogen (secondary N) is 1. The summed E-state index contributed by atoms with van der Waals surface area (Å²) in [6.45, 7) is 0.406. The van der Waals surface area contributed by atoms with Gasteiger partial charge in [0, 0.05) is 17.6 Å². The third kappa shape index (κ3) is 3.09. The summed E-state index contributed by atoms with van der Waals surface area (Å²) in [6.07, 6.45) is 0. The summed E-state index contributed by atoms with van der Waals surface area (Å²) >= 11 is 12.0. The number of fused-ring (bicyclic) bond motifs is 2. The summed E-state index contributed by atoms with van der Waals surface area (Å²) in [5.41, 5.74) is 0.538. The second-order valence-corrected chi connectivity index (χ2v) is 6.45. The maximum atomic E-state index is 12.4. The maximum Gasteiger partial charge on any atom is 0.287 e. The first kappa shape index (κ1) is 16.8. The number of carbonyl (C=O) groups excluding carboxylic acids is 1. The van der Waals surface area contributed by atoms with Crippen molar-refractivity contribution in [1.82, 2.24) is 5.32 Å². The zero-order chi connectivity index (χ0) is 18.3. The molecule has 1 aliphatic heterocycles. The normalized spacial score (nSPS) is 12.4. The highest BCUT2D eigenvalue weighted by Gasteiger charge is 2.16. The first-order valence-electron chi connectivity index (χ1n) is 7.61. The fourth-order valence-electron chi connectivity index (χ4n) is 2.62. The van der Waals surface area contributed by atoms with Crippen LogP contribution in [0.2, 0.25) is 10.0 Å². The molecular weight excluding hydrogens is 381 g/mol. The van der Waals surface area contributed by atoms with Crippen LogP contribution in [0, 0.1) is 0 Å². The number of ether oxygens (including phenoxy) is 2. The van der Waals surface area contributed by atoms with Gasteiger partial charge in [-0.3, -0.25) is 9.59 Å². The van der Waals surface area contributed by atoms with E-state index in [-0.39, 0.29) is 35.1 Å². The van der Waals surface area contributed by atoms with Crippen LogP contribution < -0.4 is 20.2 Å². The quantitative estimate of drug-likeness (QED) is 0.735. The standard InChI is InChI=1S/C18H11Cl2NO5/c19-10-4-11-13(22)6-16(26-17(11)12(20)5-10)18(23)21-7-9-1-2-14-15(3-9)25-8-24-14/h1-6H,7-8H2,(H,21,23). The number of hydrogen-bond acceptors (Lipinski definition) is 5. The summed E-state index contributed by atoms with van der Waals surface area (Å²) in [4.78, 5) is 24.6. The van der Waals surface area contributed by atoms with Crippen LogP contribution in [0.25, 0.3) is 11.0 Å². The van der Waals surface area contributed by atoms with Crippen molar-refractivity contribution >= 4 is 40.1 Å². The van der Waals surface area contributed by atoms with Crippen LogP contribution in [0.1, 0.15) is 16.1 Å². The molecule has 0 saturated carbocycles. The second kappa shape index (κ2) is 6.55. The van der Waals surface area contributed by atoms with Crippen molar-refractivity contribution in [1.29, 1.82) is 0 Å². The van der Waals surface area contributed by atoms with Gasteiger partial charge in [-0.05, 0) is 29.8 Å². The molecule has 0 unspecified atom stereocenters. The van der Waals surface area contributed by atoms with Crippen molar-refractivity contribution in [2.75, 3.05) is 6.79 Å². The van der Waals surface area contributed by atoms with E-state index in [1.165, 1.54) is 12.1 Å². The van der Waals surface area contributed by atoms with E-state index < -0.39 is 11.3 Å². The Morgan fingerprint density at radius 3 is 2.73 bits per heavy atom. The van der Waals surface area contributed by atoms with Crippen LogP contribution in [0.15, 0.2) is 45.6 Å². The van der Waals surface area contributed by atoms with E-state index in [2.05, 4.69) is 5.32 Å². The van der Waals surface area contributed by atoms with Crippen LogP contribution in [0.5, 0.6) is 11.5 Å². The maximum absolute atomic E-state index is 12.4. The van der Waals surface area contributed by atoms with Crippen LogP contribution in [-0.2, 0) is 6.54 Å². The summed E-state index contributed by atoms with van der Waals surface area (Å²) < 4.78 is 16.0. The molecule has 0 spiro atoms. The molecule has 26 heavy (non-hydrogen) atoms. The van der Waals surface area contributed by atoms with Crippen LogP contribution in [0.4, 0.5) is 0 Å². The lowest BCUT2D eigenvalue weighted by molar-refractivity contribution is 0.0923. The Balaban J connectivity index is 1.57. The van der Waals surface area contributed by atoms with E-state index in [1.807, 2.05) is 6.07 Å². The van der Waals surface area contributed by atoms with Gasteiger partial charge in [0.15, 0.2) is 28.3 Å². The number of carbonyl (C=O) groups is 1. The Bertz CT molecular complexity index is 1090. The molecule has 0 radical (unpaired) electrons. The van der Waals surface area contributed by atoms with Gasteiger partial charge >= 0.3 is 0 Å². The Labute approximate surface area is 157 Å². The average molecular weight is 392 g/mol. The van der Waals surface area contributed by atoms with E-state index in [0.717, 1.165) is 11.6 Å². The molecule has 0 atom stereocenters. The van der Waals surface area contributed by atoms with Gasteiger partial charge in [-0.1, -0.05) is 29.3 Å². The SMILES string of the molecule is O=C(NCc1ccc2c(c1)OCO2)c1cc(=O)c2cc(Cl)cc(Cl)c2o1. The van der Waals surface area contributed by atoms with Crippen LogP contribution >= 0.6 is 23.2 Å². The topological polar surface area (TPSA) is 77.8 Å². The van der Waals surface area contributed by atoms with Crippen molar-refractivity contribution < 1.29 is 18.7 Å². The first-order chi connectivity index (χ1) is 12.5. The molecule has 0 fully saturated rings. The van der Waals surface area contributed by atoms with Gasteiger partial charge in [-0.25, -0.2) is 0 Å². The Hall–Kier alpha value is -2.70. The molecule has 4 rings (SSSR count). The summed E-state index contributed by atoms with van der Waals surface area (Å²) in [5.74, 6) is 0.617. The van der Waals surface area contributed by atoms with Crippen molar-refractivity contribution in [2.24, 2.45) is 0 Å². The molecule has 132 valence electrons. The minimum absolute atomic E-state index is 0.122. The zero-order valence-electron chi connectivity index (χ0n) is 13.2. The predicted molar refractivity (Wildman–Crippen MR) is 96.2 cm³/mol. The highest BCUT2D eigenvalue weighted by atomic mass is 35.5. The van der Waals surface area contributed by atoms with Crippen molar-refractivity contribution in [3.8, 4) is 11.5 Å². The molecule has 8 heteroatoms. The van der Waals surface area contributed by atoms with E-state index in [4.69, 9.17) is 37.1 Å². The molecule has 0 bridgehead atoms. The lowest BCUT2D eigenvalue weighted by Gasteiger charge is -2.07. The van der Waals surface area contributed by atoms with E-state index >= 15 is 0 Å². The highest BCUT2D eigenvalue weighted by molar-refractivity contribution is 6.38. The fourth-order valence-corrected chi connectivity index (χ4v) is 3.15. The molecule has 2 heterocycles. The predicted octanol–water partition coefficient (Wildman–Crippen LogP) is 3.76. The Morgan fingerprint density at radius 2 is 1.88 bits per heavy atom. The molecule has 2 aromatic carbocycles. The summed E-state index contributed by atoms with van der Waals surface area (Å²) in [7, 11) is 0. The van der Waals surface area contributed by atoms with Crippen molar-refractivity contribution in [3.63, 3.8) is 0 Å². The van der Waals surface area contributed by atoms with Gasteiger partial charge in [-0.2, -0.15) is 0 Å². The van der Waals surface area contributed by atoms with Gasteiger partial charge in [0.1, 0.15) is 0 Å². The number of halogens is 2. The number of amides is 1. The largest absolute Gasteiger partial charge is 0.454 e. The number of hydrogen-bond donors (Lipinski definition) is 1. The summed E-state index contributed by atoms with van der Waals surface area (Å²) in [5, 5.41) is 3.39. The minimum Gasteiger partial charge on any atom is -0.454 e. The molecule has 3 aromatic rings. The summed E-state index contributed by atoms with van der Waals surface area (Å²) in [6, 6.07) is 9.36. The van der Waals surface area contributed by atoms with Gasteiger partial charge < -0.3 is 19.2 Å². The molecule has 1 amide bonds. The molecule has 0 aliphatic carbocycles. The zero-order valence-corrected chi connectivity index (χ0v) is 14.7. The third-order valence-electron chi connectivity index (χ3n) is 3.86. The second-order valence-electron chi connectivity index (χ2n) is 5.61. The Morgan fingerprint density at radius 1 is 1.08 bits per heavy atom. The van der Waals surface area contributed by atoms with Crippen molar-refractivity contribution in [2.45, 2.75) is 6.54 Å². The molecule has 1 aromatic heterocycles. The monoisotopic (exact) mass is 391 g/mol. The van der Waals surface area contributed by atoms with Gasteiger partial charge in [0.2, 0.25) is 6.79 Å². The van der Waals surface area contributed by atoms with Gasteiger partial charge in [-0.15, -0.1) is 0 Å². The lowest BCUT2D eigenvalue weighted by atomic mass is 10.2. The van der Waals surface area contributed by atoms with Crippen LogP contribution in [0.3, 0.4) is 0 Å². The fraction of sp³-hybridized carbons (Fsp3) is 0.111. The molecular formula is C18H11Cl2NO5. The molecule has 1 N–H and O–H groups in total. The number of benzene rings is 2. The van der Waals surface area contributed by atoms with E-state index in [0.29, 0.717) is 16.5 Å². The lowest BCUT2D eigenvalue weighted by Crippen LogP contribution is -2.24. The average Bonchev–Trinajstić information content (AvgIpc) is 3.08. The number of rotatable bonds is 3. The van der Waals surface area contributed by atoms with Crippen molar-refractivity contribution in [3.05, 3.63) is 68.0 Å².